The fourth-order valence-electron chi connectivity index (χ4n) is 1.06. The second kappa shape index (κ2) is 4.57. The van der Waals surface area contributed by atoms with Crippen molar-refractivity contribution in [2.75, 3.05) is 0 Å². The van der Waals surface area contributed by atoms with Crippen LogP contribution in [-0.4, -0.2) is 4.98 Å². The van der Waals surface area contributed by atoms with Crippen LogP contribution >= 0.6 is 22.6 Å². The predicted octanol–water partition coefficient (Wildman–Crippen LogP) is 3.62. The molecule has 0 radical (unpaired) electrons. The van der Waals surface area contributed by atoms with Crippen LogP contribution < -0.4 is 4.74 Å². The van der Waals surface area contributed by atoms with Crippen molar-refractivity contribution in [1.82, 2.24) is 4.98 Å². The van der Waals surface area contributed by atoms with E-state index in [-0.39, 0.29) is 5.82 Å². The highest BCUT2D eigenvalue weighted by Crippen LogP contribution is 2.24. The van der Waals surface area contributed by atoms with E-state index in [4.69, 9.17) is 4.74 Å². The second-order valence-electron chi connectivity index (χ2n) is 2.85. The van der Waals surface area contributed by atoms with E-state index in [1.54, 1.807) is 0 Å². The summed E-state index contributed by atoms with van der Waals surface area (Å²) in [4.78, 5) is 3.81. The van der Waals surface area contributed by atoms with Gasteiger partial charge in [0.2, 0.25) is 5.88 Å². The van der Waals surface area contributed by atoms with Gasteiger partial charge in [-0.2, -0.15) is 0 Å². The van der Waals surface area contributed by atoms with Crippen LogP contribution in [0.1, 0.15) is 0 Å². The van der Waals surface area contributed by atoms with Gasteiger partial charge in [-0.15, -0.1) is 0 Å². The minimum Gasteiger partial charge on any atom is -0.438 e. The van der Waals surface area contributed by atoms with Crippen molar-refractivity contribution in [2.24, 2.45) is 0 Å². The maximum Gasteiger partial charge on any atom is 0.219 e. The molecule has 0 unspecified atom stereocenters. The quantitative estimate of drug-likeness (QED) is 0.790. The van der Waals surface area contributed by atoms with Crippen molar-refractivity contribution in [1.29, 1.82) is 0 Å². The first-order valence-electron chi connectivity index (χ1n) is 4.29. The van der Waals surface area contributed by atoms with Gasteiger partial charge in [-0.1, -0.05) is 12.1 Å². The lowest BCUT2D eigenvalue weighted by atomic mass is 10.3. The highest BCUT2D eigenvalue weighted by molar-refractivity contribution is 14.1. The zero-order chi connectivity index (χ0) is 10.7. The molecule has 0 bridgehead atoms. The SMILES string of the molecule is Fc1ccc(Oc2ccccc2I)nc1. The van der Waals surface area contributed by atoms with E-state index in [1.165, 1.54) is 12.1 Å². The number of ether oxygens (including phenoxy) is 1. The molecule has 0 amide bonds. The summed E-state index contributed by atoms with van der Waals surface area (Å²) in [6, 6.07) is 10.4. The summed E-state index contributed by atoms with van der Waals surface area (Å²) in [5.41, 5.74) is 0. The van der Waals surface area contributed by atoms with Crippen molar-refractivity contribution < 1.29 is 9.13 Å². The van der Waals surface area contributed by atoms with Gasteiger partial charge in [0, 0.05) is 6.07 Å². The Bertz CT molecular complexity index is 458. The molecule has 2 rings (SSSR count). The van der Waals surface area contributed by atoms with Gasteiger partial charge in [0.25, 0.3) is 0 Å². The number of nitrogens with zero attached hydrogens (tertiary/aromatic N) is 1. The largest absolute Gasteiger partial charge is 0.438 e. The Morgan fingerprint density at radius 3 is 2.60 bits per heavy atom. The Hall–Kier alpha value is -1.17. The van der Waals surface area contributed by atoms with E-state index in [9.17, 15) is 4.39 Å². The first kappa shape index (κ1) is 10.4. The minimum atomic E-state index is -0.370. The van der Waals surface area contributed by atoms with Crippen LogP contribution in [0.25, 0.3) is 0 Å². The van der Waals surface area contributed by atoms with Gasteiger partial charge < -0.3 is 4.74 Å². The third kappa shape index (κ3) is 2.65. The molecule has 1 heterocycles. The Morgan fingerprint density at radius 2 is 1.93 bits per heavy atom. The van der Waals surface area contributed by atoms with Crippen LogP contribution in [-0.2, 0) is 0 Å². The summed E-state index contributed by atoms with van der Waals surface area (Å²) in [7, 11) is 0. The fourth-order valence-corrected chi connectivity index (χ4v) is 1.56. The highest BCUT2D eigenvalue weighted by atomic mass is 127. The Balaban J connectivity index is 2.22. The average Bonchev–Trinajstić information content (AvgIpc) is 2.25. The molecule has 0 atom stereocenters. The van der Waals surface area contributed by atoms with Crippen LogP contribution in [0.2, 0.25) is 0 Å². The molecule has 1 aromatic heterocycles. The van der Waals surface area contributed by atoms with Crippen LogP contribution in [0.4, 0.5) is 4.39 Å². The van der Waals surface area contributed by atoms with Crippen molar-refractivity contribution in [3.63, 3.8) is 0 Å². The summed E-state index contributed by atoms with van der Waals surface area (Å²) < 4.78 is 19.1. The van der Waals surface area contributed by atoms with Gasteiger partial charge >= 0.3 is 0 Å². The lowest BCUT2D eigenvalue weighted by Crippen LogP contribution is -1.89. The monoisotopic (exact) mass is 315 g/mol. The summed E-state index contributed by atoms with van der Waals surface area (Å²) >= 11 is 2.17. The first-order chi connectivity index (χ1) is 7.25. The minimum absolute atomic E-state index is 0.370. The summed E-state index contributed by atoms with van der Waals surface area (Å²) in [5.74, 6) is 0.739. The van der Waals surface area contributed by atoms with Crippen molar-refractivity contribution in [3.8, 4) is 11.6 Å². The fraction of sp³-hybridized carbons (Fsp3) is 0. The molecule has 4 heteroatoms. The van der Waals surface area contributed by atoms with E-state index < -0.39 is 0 Å². The Kier molecular flexibility index (Phi) is 3.15. The van der Waals surface area contributed by atoms with Gasteiger partial charge in [-0.3, -0.25) is 0 Å². The molecule has 76 valence electrons. The van der Waals surface area contributed by atoms with Gasteiger partial charge in [0.1, 0.15) is 11.6 Å². The zero-order valence-electron chi connectivity index (χ0n) is 7.65. The highest BCUT2D eigenvalue weighted by Gasteiger charge is 2.02. The molecule has 0 spiro atoms. The molecule has 0 saturated carbocycles. The molecule has 0 N–H and O–H groups in total. The van der Waals surface area contributed by atoms with E-state index in [0.29, 0.717) is 5.88 Å². The van der Waals surface area contributed by atoms with Crippen LogP contribution in [0.15, 0.2) is 42.6 Å². The number of para-hydroxylation sites is 1. The molecular weight excluding hydrogens is 308 g/mol. The predicted molar refractivity (Wildman–Crippen MR) is 63.4 cm³/mol. The molecule has 0 aliphatic rings. The normalized spacial score (nSPS) is 10.0. The number of aromatic nitrogens is 1. The molecule has 15 heavy (non-hydrogen) atoms. The smallest absolute Gasteiger partial charge is 0.219 e. The molecular formula is C11H7FINO. The third-order valence-electron chi connectivity index (χ3n) is 1.75. The van der Waals surface area contributed by atoms with Crippen LogP contribution in [0.5, 0.6) is 11.6 Å². The number of halogens is 2. The molecule has 0 fully saturated rings. The number of rotatable bonds is 2. The van der Waals surface area contributed by atoms with E-state index in [2.05, 4.69) is 27.6 Å². The number of hydrogen-bond acceptors (Lipinski definition) is 2. The average molecular weight is 315 g/mol. The maximum absolute atomic E-state index is 12.6. The Labute approximate surface area is 100 Å². The van der Waals surface area contributed by atoms with E-state index in [0.717, 1.165) is 15.5 Å². The molecule has 2 nitrogen and oxygen atoms in total. The van der Waals surface area contributed by atoms with E-state index >= 15 is 0 Å². The van der Waals surface area contributed by atoms with Crippen LogP contribution in [0.3, 0.4) is 0 Å². The van der Waals surface area contributed by atoms with Crippen LogP contribution in [0, 0.1) is 9.39 Å². The lowest BCUT2D eigenvalue weighted by molar-refractivity contribution is 0.456. The summed E-state index contributed by atoms with van der Waals surface area (Å²) in [6.07, 6.45) is 1.13. The summed E-state index contributed by atoms with van der Waals surface area (Å²) in [5, 5.41) is 0. The van der Waals surface area contributed by atoms with Crippen molar-refractivity contribution in [3.05, 3.63) is 52.0 Å². The van der Waals surface area contributed by atoms with Crippen molar-refractivity contribution >= 4 is 22.6 Å². The number of pyridine rings is 1. The van der Waals surface area contributed by atoms with Gasteiger partial charge in [-0.25, -0.2) is 9.37 Å². The first-order valence-corrected chi connectivity index (χ1v) is 5.37. The number of benzene rings is 1. The molecule has 2 aromatic rings. The third-order valence-corrected chi connectivity index (χ3v) is 2.64. The molecule has 0 aliphatic heterocycles. The van der Waals surface area contributed by atoms with Crippen molar-refractivity contribution in [2.45, 2.75) is 0 Å². The maximum atomic E-state index is 12.6. The zero-order valence-corrected chi connectivity index (χ0v) is 9.81. The van der Waals surface area contributed by atoms with Gasteiger partial charge in [0.05, 0.1) is 9.77 Å². The topological polar surface area (TPSA) is 22.1 Å². The lowest BCUT2D eigenvalue weighted by Gasteiger charge is -2.05. The summed E-state index contributed by atoms with van der Waals surface area (Å²) in [6.45, 7) is 0. The van der Waals surface area contributed by atoms with Gasteiger partial charge in [0.15, 0.2) is 0 Å². The number of hydrogen-bond donors (Lipinski definition) is 0. The molecule has 0 saturated heterocycles. The molecule has 1 aromatic carbocycles. The van der Waals surface area contributed by atoms with Gasteiger partial charge in [-0.05, 0) is 40.8 Å². The molecule has 0 aliphatic carbocycles. The standard InChI is InChI=1S/C11H7FINO/c12-8-5-6-11(14-7-8)15-10-4-2-1-3-9(10)13/h1-7H. The second-order valence-corrected chi connectivity index (χ2v) is 4.01. The van der Waals surface area contributed by atoms with E-state index in [1.807, 2.05) is 24.3 Å². The Morgan fingerprint density at radius 1 is 1.13 bits per heavy atom.